The highest BCUT2D eigenvalue weighted by Gasteiger charge is 2.09. The molecule has 1 rings (SSSR count). The fraction of sp³-hybridized carbons (Fsp3) is 0.889. The van der Waals surface area contributed by atoms with E-state index in [1.807, 2.05) is 0 Å². The molecule has 1 aliphatic heterocycles. The Morgan fingerprint density at radius 2 is 2.00 bits per heavy atom. The zero-order valence-electron chi connectivity index (χ0n) is 7.29. The first-order chi connectivity index (χ1) is 5.79. The van der Waals surface area contributed by atoms with Crippen LogP contribution in [0.15, 0.2) is 0 Å². The summed E-state index contributed by atoms with van der Waals surface area (Å²) in [6.45, 7) is 0.468. The minimum Gasteiger partial charge on any atom is -0.466 e. The van der Waals surface area contributed by atoms with E-state index in [1.165, 1.54) is 0 Å². The van der Waals surface area contributed by atoms with Crippen molar-refractivity contribution in [3.8, 4) is 0 Å². The molecule has 0 amide bonds. The van der Waals surface area contributed by atoms with E-state index in [-0.39, 0.29) is 12.1 Å². The predicted molar refractivity (Wildman–Crippen MR) is 44.7 cm³/mol. The molecule has 12 heavy (non-hydrogen) atoms. The lowest BCUT2D eigenvalue weighted by molar-refractivity contribution is -0.144. The Morgan fingerprint density at radius 3 is 2.83 bits per heavy atom. The fourth-order valence-corrected chi connectivity index (χ4v) is 1.37. The van der Waals surface area contributed by atoms with Crippen LogP contribution < -0.4 is 0 Å². The number of ether oxygens (including phenoxy) is 1. The van der Waals surface area contributed by atoms with Gasteiger partial charge in [0.25, 0.3) is 0 Å². The van der Waals surface area contributed by atoms with Gasteiger partial charge in [0, 0.05) is 6.42 Å². The first kappa shape index (κ1) is 9.52. The fourth-order valence-electron chi connectivity index (χ4n) is 1.37. The van der Waals surface area contributed by atoms with Gasteiger partial charge < -0.3 is 9.84 Å². The molecule has 1 saturated heterocycles. The highest BCUT2D eigenvalue weighted by atomic mass is 16.5. The quantitative estimate of drug-likeness (QED) is 0.559. The second-order valence-corrected chi connectivity index (χ2v) is 3.26. The lowest BCUT2D eigenvalue weighted by Crippen LogP contribution is -2.13. The molecular formula is C9H16O3. The third-order valence-corrected chi connectivity index (χ3v) is 2.11. The van der Waals surface area contributed by atoms with E-state index in [1.54, 1.807) is 0 Å². The van der Waals surface area contributed by atoms with Crippen LogP contribution in [0.5, 0.6) is 0 Å². The average Bonchev–Trinajstić information content (AvgIpc) is 2.06. The van der Waals surface area contributed by atoms with Crippen molar-refractivity contribution in [2.24, 2.45) is 0 Å². The van der Waals surface area contributed by atoms with Crippen molar-refractivity contribution < 1.29 is 14.6 Å². The van der Waals surface area contributed by atoms with Crippen LogP contribution >= 0.6 is 0 Å². The van der Waals surface area contributed by atoms with Gasteiger partial charge >= 0.3 is 5.97 Å². The zero-order chi connectivity index (χ0) is 8.81. The number of hydrogen-bond acceptors (Lipinski definition) is 3. The van der Waals surface area contributed by atoms with Crippen molar-refractivity contribution >= 4 is 5.97 Å². The van der Waals surface area contributed by atoms with E-state index < -0.39 is 0 Å². The molecule has 0 saturated carbocycles. The van der Waals surface area contributed by atoms with Crippen LogP contribution in [0, 0.1) is 0 Å². The highest BCUT2D eigenvalue weighted by molar-refractivity contribution is 5.69. The minimum absolute atomic E-state index is 0.0913. The maximum atomic E-state index is 10.9. The van der Waals surface area contributed by atoms with E-state index >= 15 is 0 Å². The third kappa shape index (κ3) is 3.72. The number of rotatable bonds is 0. The monoisotopic (exact) mass is 172 g/mol. The van der Waals surface area contributed by atoms with Gasteiger partial charge in [-0.25, -0.2) is 0 Å². The van der Waals surface area contributed by atoms with Crippen molar-refractivity contribution in [2.75, 3.05) is 6.61 Å². The number of carbonyl (C=O) groups is 1. The van der Waals surface area contributed by atoms with Gasteiger partial charge in [-0.1, -0.05) is 6.42 Å². The Bertz CT molecular complexity index is 131. The number of carbonyl (C=O) groups excluding carboxylic acids is 1. The molecule has 0 radical (unpaired) electrons. The summed E-state index contributed by atoms with van der Waals surface area (Å²) in [7, 11) is 0. The SMILES string of the molecule is O=C1CCCCC(O)CCCO1. The van der Waals surface area contributed by atoms with E-state index in [0.29, 0.717) is 13.0 Å². The van der Waals surface area contributed by atoms with Crippen molar-refractivity contribution in [2.45, 2.75) is 44.6 Å². The summed E-state index contributed by atoms with van der Waals surface area (Å²) in [5, 5.41) is 9.36. The average molecular weight is 172 g/mol. The maximum absolute atomic E-state index is 10.9. The Morgan fingerprint density at radius 1 is 1.25 bits per heavy atom. The molecule has 1 N–H and O–H groups in total. The summed E-state index contributed by atoms with van der Waals surface area (Å²) in [5.74, 6) is -0.0913. The summed E-state index contributed by atoms with van der Waals surface area (Å²) in [5.41, 5.74) is 0. The molecule has 3 nitrogen and oxygen atoms in total. The molecular weight excluding hydrogens is 156 g/mol. The second-order valence-electron chi connectivity index (χ2n) is 3.26. The smallest absolute Gasteiger partial charge is 0.305 e. The van der Waals surface area contributed by atoms with Crippen LogP contribution in [0.1, 0.15) is 38.5 Å². The van der Waals surface area contributed by atoms with Crippen molar-refractivity contribution in [1.82, 2.24) is 0 Å². The van der Waals surface area contributed by atoms with Gasteiger partial charge in [0.2, 0.25) is 0 Å². The molecule has 1 heterocycles. The summed E-state index contributed by atoms with van der Waals surface area (Å²) in [4.78, 5) is 10.9. The molecule has 0 spiro atoms. The third-order valence-electron chi connectivity index (χ3n) is 2.11. The minimum atomic E-state index is -0.193. The lowest BCUT2D eigenvalue weighted by Gasteiger charge is -2.12. The summed E-state index contributed by atoms with van der Waals surface area (Å²) < 4.78 is 4.92. The van der Waals surface area contributed by atoms with Gasteiger partial charge in [-0.2, -0.15) is 0 Å². The van der Waals surface area contributed by atoms with Crippen LogP contribution in [0.25, 0.3) is 0 Å². The Labute approximate surface area is 72.7 Å². The van der Waals surface area contributed by atoms with Crippen molar-refractivity contribution in [1.29, 1.82) is 0 Å². The predicted octanol–water partition coefficient (Wildman–Crippen LogP) is 1.24. The van der Waals surface area contributed by atoms with Gasteiger partial charge in [0.05, 0.1) is 12.7 Å². The van der Waals surface area contributed by atoms with Crippen LogP contribution in [0.4, 0.5) is 0 Å². The highest BCUT2D eigenvalue weighted by Crippen LogP contribution is 2.11. The van der Waals surface area contributed by atoms with Crippen molar-refractivity contribution in [3.05, 3.63) is 0 Å². The van der Waals surface area contributed by atoms with E-state index in [2.05, 4.69) is 0 Å². The molecule has 1 fully saturated rings. The molecule has 0 aromatic heterocycles. The summed E-state index contributed by atoms with van der Waals surface area (Å²) >= 11 is 0. The number of esters is 1. The number of hydrogen-bond donors (Lipinski definition) is 1. The van der Waals surface area contributed by atoms with Crippen LogP contribution in [0.3, 0.4) is 0 Å². The number of cyclic esters (lactones) is 1. The van der Waals surface area contributed by atoms with Gasteiger partial charge in [-0.15, -0.1) is 0 Å². The zero-order valence-corrected chi connectivity index (χ0v) is 7.29. The molecule has 1 unspecified atom stereocenters. The largest absolute Gasteiger partial charge is 0.466 e. The first-order valence-corrected chi connectivity index (χ1v) is 4.63. The molecule has 0 aliphatic carbocycles. The standard InChI is InChI=1S/C9H16O3/c10-8-4-1-2-6-9(11)12-7-3-5-8/h8,10H,1-7H2. The second kappa shape index (κ2) is 5.14. The number of aliphatic hydroxyl groups is 1. The molecule has 3 heteroatoms. The van der Waals surface area contributed by atoms with Crippen LogP contribution in [0.2, 0.25) is 0 Å². The topological polar surface area (TPSA) is 46.5 Å². The Balaban J connectivity index is 2.25. The van der Waals surface area contributed by atoms with Gasteiger partial charge in [-0.05, 0) is 25.7 Å². The van der Waals surface area contributed by atoms with E-state index in [0.717, 1.165) is 32.1 Å². The Hall–Kier alpha value is -0.570. The van der Waals surface area contributed by atoms with Crippen LogP contribution in [-0.2, 0) is 9.53 Å². The van der Waals surface area contributed by atoms with Crippen LogP contribution in [-0.4, -0.2) is 23.8 Å². The molecule has 1 atom stereocenters. The van der Waals surface area contributed by atoms with Gasteiger partial charge in [-0.3, -0.25) is 4.79 Å². The Kier molecular flexibility index (Phi) is 4.08. The lowest BCUT2D eigenvalue weighted by atomic mass is 10.1. The van der Waals surface area contributed by atoms with E-state index in [4.69, 9.17) is 4.74 Å². The van der Waals surface area contributed by atoms with Gasteiger partial charge in [0.15, 0.2) is 0 Å². The summed E-state index contributed by atoms with van der Waals surface area (Å²) in [6, 6.07) is 0. The molecule has 1 aliphatic rings. The van der Waals surface area contributed by atoms with Crippen molar-refractivity contribution in [3.63, 3.8) is 0 Å². The summed E-state index contributed by atoms with van der Waals surface area (Å²) in [6.07, 6.45) is 4.45. The molecule has 0 bridgehead atoms. The number of aliphatic hydroxyl groups excluding tert-OH is 1. The normalized spacial score (nSPS) is 27.8. The molecule has 0 aromatic carbocycles. The molecule has 0 aromatic rings. The maximum Gasteiger partial charge on any atom is 0.305 e. The van der Waals surface area contributed by atoms with E-state index in [9.17, 15) is 9.90 Å². The first-order valence-electron chi connectivity index (χ1n) is 4.63. The molecule has 70 valence electrons. The van der Waals surface area contributed by atoms with Gasteiger partial charge in [0.1, 0.15) is 0 Å².